The molecule has 0 saturated heterocycles. The number of carbonyl (C=O) groups is 2. The summed E-state index contributed by atoms with van der Waals surface area (Å²) in [5.74, 6) is -2.61. The van der Waals surface area contributed by atoms with E-state index < -0.39 is 18.0 Å². The predicted octanol–water partition coefficient (Wildman–Crippen LogP) is 0.0392. The molecule has 0 aromatic carbocycles. The van der Waals surface area contributed by atoms with Crippen LogP contribution < -0.4 is 0 Å². The fourth-order valence-corrected chi connectivity index (χ4v) is 0.603. The lowest BCUT2D eigenvalue weighted by molar-refractivity contribution is -0.177. The molecule has 0 radical (unpaired) electrons. The molecule has 0 rings (SSSR count). The van der Waals surface area contributed by atoms with Gasteiger partial charge in [0.2, 0.25) is 6.29 Å². The van der Waals surface area contributed by atoms with Crippen LogP contribution in [0.3, 0.4) is 0 Å². The standard InChI is InChI=1S/C7H12O5/c1-3-11-7(12-4-2)5(8)6(9)10/h7H,3-4H2,1-2H3,(H,9,10). The number of aliphatic carboxylic acids is 1. The van der Waals surface area contributed by atoms with Gasteiger partial charge in [0.05, 0.1) is 0 Å². The van der Waals surface area contributed by atoms with Crippen LogP contribution in [0.4, 0.5) is 0 Å². The van der Waals surface area contributed by atoms with E-state index in [-0.39, 0.29) is 13.2 Å². The first-order chi connectivity index (χ1) is 5.63. The lowest BCUT2D eigenvalue weighted by Gasteiger charge is -2.12. The average molecular weight is 176 g/mol. The Kier molecular flexibility index (Phi) is 5.23. The van der Waals surface area contributed by atoms with Gasteiger partial charge in [-0.3, -0.25) is 4.79 Å². The van der Waals surface area contributed by atoms with Gasteiger partial charge in [0, 0.05) is 13.2 Å². The molecule has 0 saturated carbocycles. The van der Waals surface area contributed by atoms with Crippen molar-refractivity contribution in [3.63, 3.8) is 0 Å². The predicted molar refractivity (Wildman–Crippen MR) is 39.7 cm³/mol. The number of rotatable bonds is 6. The molecule has 0 spiro atoms. The molecule has 0 aliphatic rings. The quantitative estimate of drug-likeness (QED) is 0.457. The van der Waals surface area contributed by atoms with E-state index in [2.05, 4.69) is 0 Å². The average Bonchev–Trinajstić information content (AvgIpc) is 2.03. The van der Waals surface area contributed by atoms with Gasteiger partial charge in [0.1, 0.15) is 0 Å². The first-order valence-corrected chi connectivity index (χ1v) is 3.63. The van der Waals surface area contributed by atoms with Crippen molar-refractivity contribution in [2.75, 3.05) is 13.2 Å². The molecule has 0 fully saturated rings. The topological polar surface area (TPSA) is 72.8 Å². The number of hydrogen-bond acceptors (Lipinski definition) is 4. The third-order valence-corrected chi connectivity index (χ3v) is 1.06. The van der Waals surface area contributed by atoms with Crippen LogP contribution in [0.1, 0.15) is 13.8 Å². The lowest BCUT2D eigenvalue weighted by atomic mass is 10.4. The van der Waals surface area contributed by atoms with E-state index in [1.807, 2.05) is 0 Å². The molecule has 0 aromatic rings. The maximum Gasteiger partial charge on any atom is 0.377 e. The van der Waals surface area contributed by atoms with Gasteiger partial charge in [-0.05, 0) is 13.8 Å². The highest BCUT2D eigenvalue weighted by Crippen LogP contribution is 1.96. The van der Waals surface area contributed by atoms with E-state index in [1.54, 1.807) is 13.8 Å². The first-order valence-electron chi connectivity index (χ1n) is 3.63. The Morgan fingerprint density at radius 2 is 1.67 bits per heavy atom. The number of carboxylic acid groups (broad SMARTS) is 1. The van der Waals surface area contributed by atoms with E-state index in [0.717, 1.165) is 0 Å². The number of ether oxygens (including phenoxy) is 2. The minimum atomic E-state index is -1.54. The molecule has 70 valence electrons. The van der Waals surface area contributed by atoms with Crippen molar-refractivity contribution in [3.8, 4) is 0 Å². The van der Waals surface area contributed by atoms with Gasteiger partial charge in [-0.15, -0.1) is 0 Å². The molecule has 0 heterocycles. The minimum absolute atomic E-state index is 0.240. The van der Waals surface area contributed by atoms with Gasteiger partial charge < -0.3 is 14.6 Å². The molecule has 12 heavy (non-hydrogen) atoms. The van der Waals surface area contributed by atoms with E-state index in [9.17, 15) is 9.59 Å². The highest BCUT2D eigenvalue weighted by Gasteiger charge is 2.25. The zero-order valence-corrected chi connectivity index (χ0v) is 7.07. The van der Waals surface area contributed by atoms with Crippen LogP contribution in [0.5, 0.6) is 0 Å². The fraction of sp³-hybridized carbons (Fsp3) is 0.714. The van der Waals surface area contributed by atoms with Gasteiger partial charge in [0.25, 0.3) is 5.78 Å². The maximum absolute atomic E-state index is 10.8. The zero-order chi connectivity index (χ0) is 9.56. The second kappa shape index (κ2) is 5.68. The molecule has 0 aromatic heterocycles. The van der Waals surface area contributed by atoms with Gasteiger partial charge in [0.15, 0.2) is 0 Å². The van der Waals surface area contributed by atoms with Gasteiger partial charge in [-0.1, -0.05) is 0 Å². The smallest absolute Gasteiger partial charge is 0.377 e. The second-order valence-electron chi connectivity index (χ2n) is 1.91. The Bertz CT molecular complexity index is 159. The Morgan fingerprint density at radius 3 is 1.92 bits per heavy atom. The molecular weight excluding hydrogens is 164 g/mol. The summed E-state index contributed by atoms with van der Waals surface area (Å²) in [6.45, 7) is 3.79. The van der Waals surface area contributed by atoms with Crippen molar-refractivity contribution < 1.29 is 24.2 Å². The van der Waals surface area contributed by atoms with Crippen LogP contribution in [-0.4, -0.2) is 36.4 Å². The summed E-state index contributed by atoms with van der Waals surface area (Å²) in [7, 11) is 0. The molecule has 0 aliphatic heterocycles. The second-order valence-corrected chi connectivity index (χ2v) is 1.91. The number of carbonyl (C=O) groups excluding carboxylic acids is 1. The number of hydrogen-bond donors (Lipinski definition) is 1. The third kappa shape index (κ3) is 3.45. The van der Waals surface area contributed by atoms with Crippen LogP contribution in [0.15, 0.2) is 0 Å². The maximum atomic E-state index is 10.8. The van der Waals surface area contributed by atoms with Crippen molar-refractivity contribution in [1.82, 2.24) is 0 Å². The molecule has 0 atom stereocenters. The van der Waals surface area contributed by atoms with Crippen molar-refractivity contribution >= 4 is 11.8 Å². The molecule has 5 heteroatoms. The van der Waals surface area contributed by atoms with Gasteiger partial charge >= 0.3 is 5.97 Å². The summed E-state index contributed by atoms with van der Waals surface area (Å²) in [6.07, 6.45) is -1.27. The van der Waals surface area contributed by atoms with Crippen LogP contribution in [0.25, 0.3) is 0 Å². The highest BCUT2D eigenvalue weighted by molar-refractivity contribution is 6.34. The Hall–Kier alpha value is -0.940. The lowest BCUT2D eigenvalue weighted by Crippen LogP contribution is -2.33. The molecule has 1 N–H and O–H groups in total. The molecule has 5 nitrogen and oxygen atoms in total. The molecule has 0 aliphatic carbocycles. The van der Waals surface area contributed by atoms with Crippen LogP contribution in [-0.2, 0) is 19.1 Å². The first kappa shape index (κ1) is 11.1. The largest absolute Gasteiger partial charge is 0.475 e. The fourth-order valence-electron chi connectivity index (χ4n) is 0.603. The van der Waals surface area contributed by atoms with Gasteiger partial charge in [-0.25, -0.2) is 4.79 Å². The van der Waals surface area contributed by atoms with Crippen LogP contribution in [0, 0.1) is 0 Å². The van der Waals surface area contributed by atoms with E-state index in [4.69, 9.17) is 14.6 Å². The summed E-state index contributed by atoms with van der Waals surface area (Å²) in [5, 5.41) is 8.30. The number of ketones is 1. The van der Waals surface area contributed by atoms with Crippen LogP contribution >= 0.6 is 0 Å². The molecule has 0 bridgehead atoms. The Morgan fingerprint density at radius 1 is 1.25 bits per heavy atom. The third-order valence-electron chi connectivity index (χ3n) is 1.06. The minimum Gasteiger partial charge on any atom is -0.475 e. The summed E-state index contributed by atoms with van der Waals surface area (Å²) in [4.78, 5) is 21.0. The summed E-state index contributed by atoms with van der Waals surface area (Å²) < 4.78 is 9.51. The molecular formula is C7H12O5. The highest BCUT2D eigenvalue weighted by atomic mass is 16.7. The number of Topliss-reactive ketones (excluding diaryl/α,β-unsaturated/α-hetero) is 1. The summed E-state index contributed by atoms with van der Waals surface area (Å²) >= 11 is 0. The van der Waals surface area contributed by atoms with E-state index in [1.165, 1.54) is 0 Å². The van der Waals surface area contributed by atoms with Crippen molar-refractivity contribution in [3.05, 3.63) is 0 Å². The molecule has 0 unspecified atom stereocenters. The molecule has 0 amide bonds. The Labute approximate surface area is 70.3 Å². The van der Waals surface area contributed by atoms with Crippen molar-refractivity contribution in [2.24, 2.45) is 0 Å². The zero-order valence-electron chi connectivity index (χ0n) is 7.07. The van der Waals surface area contributed by atoms with Gasteiger partial charge in [-0.2, -0.15) is 0 Å². The van der Waals surface area contributed by atoms with Crippen molar-refractivity contribution in [2.45, 2.75) is 20.1 Å². The number of carboxylic acids is 1. The van der Waals surface area contributed by atoms with E-state index in [0.29, 0.717) is 0 Å². The van der Waals surface area contributed by atoms with Crippen LogP contribution in [0.2, 0.25) is 0 Å². The summed E-state index contributed by atoms with van der Waals surface area (Å²) in [6, 6.07) is 0. The summed E-state index contributed by atoms with van der Waals surface area (Å²) in [5.41, 5.74) is 0. The Balaban J connectivity index is 4.08. The van der Waals surface area contributed by atoms with E-state index >= 15 is 0 Å². The SMILES string of the molecule is CCOC(OCC)C(=O)C(=O)O. The van der Waals surface area contributed by atoms with Crippen molar-refractivity contribution in [1.29, 1.82) is 0 Å². The monoisotopic (exact) mass is 176 g/mol. The normalized spacial score (nSPS) is 10.2.